The second kappa shape index (κ2) is 7.64. The summed E-state index contributed by atoms with van der Waals surface area (Å²) in [6.07, 6.45) is 9.01. The molecule has 2 aliphatic heterocycles. The molecular formula is C26H33FNO2+. The fourth-order valence-corrected chi connectivity index (χ4v) is 6.70. The molecule has 6 atom stereocenters. The molecule has 5 rings (SSSR count). The number of carbonyl (C=O) groups is 1. The minimum Gasteiger partial charge on any atom is -0.462 e. The average Bonchev–Trinajstić information content (AvgIpc) is 3.01. The molecule has 30 heavy (non-hydrogen) atoms. The Morgan fingerprint density at radius 2 is 2.07 bits per heavy atom. The van der Waals surface area contributed by atoms with E-state index < -0.39 is 0 Å². The highest BCUT2D eigenvalue weighted by molar-refractivity contribution is 5.75. The SMILES string of the molecule is C=C1CCC[C@]2(C)C[C@H]3OC(=O)[C@H](C[NH+]4CC=C(c5ccc(F)cc5)CC4)[C@H]3C[C@@H]12. The summed E-state index contributed by atoms with van der Waals surface area (Å²) >= 11 is 0. The highest BCUT2D eigenvalue weighted by Gasteiger charge is 2.56. The predicted molar refractivity (Wildman–Crippen MR) is 115 cm³/mol. The van der Waals surface area contributed by atoms with Crippen LogP contribution < -0.4 is 4.90 Å². The number of halogens is 1. The van der Waals surface area contributed by atoms with Crippen LogP contribution in [0.4, 0.5) is 4.39 Å². The Bertz CT molecular complexity index is 876. The Labute approximate surface area is 179 Å². The van der Waals surface area contributed by atoms with Crippen molar-refractivity contribution in [1.82, 2.24) is 0 Å². The van der Waals surface area contributed by atoms with Crippen molar-refractivity contribution in [1.29, 1.82) is 0 Å². The van der Waals surface area contributed by atoms with Gasteiger partial charge in [0.1, 0.15) is 17.8 Å². The van der Waals surface area contributed by atoms with E-state index in [9.17, 15) is 9.18 Å². The van der Waals surface area contributed by atoms with Gasteiger partial charge < -0.3 is 9.64 Å². The number of carbonyl (C=O) groups excluding carboxylic acids is 1. The van der Waals surface area contributed by atoms with E-state index >= 15 is 0 Å². The summed E-state index contributed by atoms with van der Waals surface area (Å²) < 4.78 is 19.1. The second-order valence-corrected chi connectivity index (χ2v) is 10.3. The minimum atomic E-state index is -0.194. The Morgan fingerprint density at radius 3 is 2.80 bits per heavy atom. The molecule has 1 aromatic rings. The van der Waals surface area contributed by atoms with Crippen molar-refractivity contribution in [3.63, 3.8) is 0 Å². The molecule has 3 nitrogen and oxygen atoms in total. The zero-order chi connectivity index (χ0) is 20.9. The monoisotopic (exact) mass is 410 g/mol. The van der Waals surface area contributed by atoms with E-state index in [1.165, 1.54) is 41.0 Å². The zero-order valence-corrected chi connectivity index (χ0v) is 18.0. The van der Waals surface area contributed by atoms with Crippen LogP contribution in [-0.2, 0) is 9.53 Å². The third kappa shape index (κ3) is 3.53. The lowest BCUT2D eigenvalue weighted by Crippen LogP contribution is -3.13. The molecule has 1 aromatic carbocycles. The van der Waals surface area contributed by atoms with E-state index in [-0.39, 0.29) is 29.2 Å². The summed E-state index contributed by atoms with van der Waals surface area (Å²) in [7, 11) is 0. The summed E-state index contributed by atoms with van der Waals surface area (Å²) in [4.78, 5) is 14.3. The van der Waals surface area contributed by atoms with E-state index in [1.807, 2.05) is 12.1 Å². The number of allylic oxidation sites excluding steroid dienone is 1. The van der Waals surface area contributed by atoms with Crippen molar-refractivity contribution in [2.45, 2.75) is 51.6 Å². The van der Waals surface area contributed by atoms with Crippen LogP contribution in [-0.4, -0.2) is 31.7 Å². The van der Waals surface area contributed by atoms with Gasteiger partial charge in [-0.25, -0.2) is 4.39 Å². The van der Waals surface area contributed by atoms with E-state index in [4.69, 9.17) is 4.74 Å². The molecule has 0 amide bonds. The summed E-state index contributed by atoms with van der Waals surface area (Å²) in [6, 6.07) is 6.78. The molecule has 4 aliphatic rings. The van der Waals surface area contributed by atoms with Crippen molar-refractivity contribution in [2.75, 3.05) is 19.6 Å². The van der Waals surface area contributed by atoms with E-state index in [2.05, 4.69) is 19.6 Å². The molecule has 0 aromatic heterocycles. The third-order valence-electron chi connectivity index (χ3n) is 8.43. The number of benzene rings is 1. The lowest BCUT2D eigenvalue weighted by molar-refractivity contribution is -0.897. The standard InChI is InChI=1S/C26H32FNO2/c1-17-4-3-11-26(2)15-24-21(14-23(17)26)22(25(29)30-24)16-28-12-9-19(10-13-28)18-5-7-20(27)8-6-18/h5-9,21-24H,1,3-4,10-16H2,2H3/p+1/t21-,22-,23+,24-,26-/m1/s1. The van der Waals surface area contributed by atoms with Gasteiger partial charge in [0.2, 0.25) is 0 Å². The summed E-state index contributed by atoms with van der Waals surface area (Å²) in [6.45, 7) is 9.58. The lowest BCUT2D eigenvalue weighted by atomic mass is 9.55. The summed E-state index contributed by atoms with van der Waals surface area (Å²) in [5.41, 5.74) is 4.06. The van der Waals surface area contributed by atoms with Crippen LogP contribution in [0.2, 0.25) is 0 Å². The Kier molecular flexibility index (Phi) is 5.09. The normalized spacial score (nSPS) is 38.5. The molecule has 1 N–H and O–H groups in total. The minimum absolute atomic E-state index is 0.0186. The van der Waals surface area contributed by atoms with E-state index in [0.29, 0.717) is 11.8 Å². The fourth-order valence-electron chi connectivity index (χ4n) is 6.70. The van der Waals surface area contributed by atoms with Crippen LogP contribution in [0.15, 0.2) is 42.5 Å². The Morgan fingerprint density at radius 1 is 1.27 bits per heavy atom. The van der Waals surface area contributed by atoms with Gasteiger partial charge in [0.15, 0.2) is 0 Å². The highest BCUT2D eigenvalue weighted by Crippen LogP contribution is 2.56. The molecule has 3 fully saturated rings. The third-order valence-corrected chi connectivity index (χ3v) is 8.43. The predicted octanol–water partition coefficient (Wildman–Crippen LogP) is 3.81. The Hall–Kier alpha value is -1.94. The number of quaternary nitrogens is 1. The van der Waals surface area contributed by atoms with Crippen molar-refractivity contribution in [2.24, 2.45) is 23.2 Å². The second-order valence-electron chi connectivity index (χ2n) is 10.3. The maximum atomic E-state index is 13.2. The van der Waals surface area contributed by atoms with Gasteiger partial charge in [-0.1, -0.05) is 31.2 Å². The fraction of sp³-hybridized carbons (Fsp3) is 0.577. The van der Waals surface area contributed by atoms with Gasteiger partial charge in [-0.15, -0.1) is 0 Å². The van der Waals surface area contributed by atoms with Gasteiger partial charge in [0.05, 0.1) is 19.6 Å². The topological polar surface area (TPSA) is 30.7 Å². The van der Waals surface area contributed by atoms with Crippen molar-refractivity contribution < 1.29 is 18.8 Å². The van der Waals surface area contributed by atoms with Crippen molar-refractivity contribution in [3.8, 4) is 0 Å². The lowest BCUT2D eigenvalue weighted by Gasteiger charge is -2.50. The van der Waals surface area contributed by atoms with Crippen LogP contribution in [0, 0.1) is 29.0 Å². The van der Waals surface area contributed by atoms with Gasteiger partial charge in [0, 0.05) is 12.3 Å². The molecule has 4 heteroatoms. The first-order valence-electron chi connectivity index (χ1n) is 11.6. The van der Waals surface area contributed by atoms with Crippen LogP contribution in [0.25, 0.3) is 5.57 Å². The van der Waals surface area contributed by atoms with E-state index in [0.717, 1.165) is 50.9 Å². The molecule has 0 bridgehead atoms. The molecule has 1 saturated heterocycles. The summed E-state index contributed by atoms with van der Waals surface area (Å²) in [5, 5.41) is 0. The van der Waals surface area contributed by atoms with Gasteiger partial charge in [0.25, 0.3) is 0 Å². The Balaban J connectivity index is 1.26. The van der Waals surface area contributed by atoms with Gasteiger partial charge in [-0.2, -0.15) is 0 Å². The first-order chi connectivity index (χ1) is 14.4. The van der Waals surface area contributed by atoms with Crippen LogP contribution in [0.3, 0.4) is 0 Å². The molecule has 0 spiro atoms. The average molecular weight is 411 g/mol. The van der Waals surface area contributed by atoms with Gasteiger partial charge in [-0.3, -0.25) is 4.79 Å². The van der Waals surface area contributed by atoms with Crippen LogP contribution in [0.1, 0.15) is 51.0 Å². The number of fused-ring (bicyclic) bond motifs is 2. The maximum Gasteiger partial charge on any atom is 0.315 e. The first-order valence-corrected chi connectivity index (χ1v) is 11.6. The van der Waals surface area contributed by atoms with Crippen LogP contribution >= 0.6 is 0 Å². The number of esters is 1. The summed E-state index contributed by atoms with van der Waals surface area (Å²) in [5.74, 6) is 0.746. The van der Waals surface area contributed by atoms with Crippen molar-refractivity contribution >= 4 is 11.5 Å². The zero-order valence-electron chi connectivity index (χ0n) is 18.0. The smallest absolute Gasteiger partial charge is 0.315 e. The number of hydrogen-bond donors (Lipinski definition) is 1. The number of nitrogens with one attached hydrogen (secondary N) is 1. The van der Waals surface area contributed by atoms with Crippen LogP contribution in [0.5, 0.6) is 0 Å². The molecule has 160 valence electrons. The highest BCUT2D eigenvalue weighted by atomic mass is 19.1. The largest absolute Gasteiger partial charge is 0.462 e. The quantitative estimate of drug-likeness (QED) is 0.607. The van der Waals surface area contributed by atoms with E-state index in [1.54, 1.807) is 0 Å². The molecule has 1 unspecified atom stereocenters. The number of hydrogen-bond acceptors (Lipinski definition) is 2. The molecule has 0 radical (unpaired) electrons. The first kappa shape index (κ1) is 20.0. The number of rotatable bonds is 3. The molecule has 2 aliphatic carbocycles. The van der Waals surface area contributed by atoms with Gasteiger partial charge in [-0.05, 0) is 72.8 Å². The maximum absolute atomic E-state index is 13.2. The molecular weight excluding hydrogens is 377 g/mol. The molecule has 2 saturated carbocycles. The van der Waals surface area contributed by atoms with Crippen molar-refractivity contribution in [3.05, 3.63) is 53.9 Å². The molecule has 2 heterocycles. The van der Waals surface area contributed by atoms with Gasteiger partial charge >= 0.3 is 5.97 Å². The number of ether oxygens (including phenoxy) is 1.